The lowest BCUT2D eigenvalue weighted by Gasteiger charge is -2.42. The molecule has 0 aliphatic carbocycles. The minimum absolute atomic E-state index is 0.116. The molecule has 34 heavy (non-hydrogen) atoms. The van der Waals surface area contributed by atoms with E-state index in [1.165, 1.54) is 4.90 Å². The maximum absolute atomic E-state index is 13.7. The minimum atomic E-state index is -1.03. The maximum Gasteiger partial charge on any atom is 0.328 e. The van der Waals surface area contributed by atoms with E-state index in [1.54, 1.807) is 30.2 Å². The number of aromatic hydroxyl groups is 1. The average molecular weight is 463 g/mol. The molecule has 1 saturated heterocycles. The number of rotatable bonds is 6. The van der Waals surface area contributed by atoms with Crippen LogP contribution < -0.4 is 4.74 Å². The number of carbonyl (C=O) groups excluding carboxylic acids is 2. The van der Waals surface area contributed by atoms with Gasteiger partial charge in [-0.1, -0.05) is 12.1 Å². The number of ether oxygens (including phenoxy) is 1. The van der Waals surface area contributed by atoms with Gasteiger partial charge in [-0.3, -0.25) is 14.6 Å². The highest BCUT2D eigenvalue weighted by molar-refractivity contribution is 6.08. The summed E-state index contributed by atoms with van der Waals surface area (Å²) in [6.07, 6.45) is 1.11. The molecule has 5 rings (SSSR count). The number of nitrogens with zero attached hydrogens (tertiary/aromatic N) is 3. The normalized spacial score (nSPS) is 22.0. The van der Waals surface area contributed by atoms with Crippen molar-refractivity contribution in [3.05, 3.63) is 59.3 Å². The number of fused-ring (bicyclic) bond motifs is 4. The summed E-state index contributed by atoms with van der Waals surface area (Å²) in [5.74, 6) is 0.671. The number of aromatic amines is 1. The van der Waals surface area contributed by atoms with E-state index in [1.807, 2.05) is 50.2 Å². The van der Waals surface area contributed by atoms with Crippen LogP contribution in [0.1, 0.15) is 36.2 Å². The Balaban J connectivity index is 1.67. The summed E-state index contributed by atoms with van der Waals surface area (Å²) in [5, 5.41) is 11.2. The standard InChI is InChI=1S/C26H30N4O4/c1-26-15-20-19-14-18(34-4)9-10-21(19)27-22(20)23(16-7-5-8-17(31)13-16)30(26)25(33)29(24(26)32)12-6-11-28(2)3/h5,7-10,13-14,23,27,31H,6,11-12,15H2,1-4H3/t23-,26+/m1/s1. The Labute approximate surface area is 198 Å². The largest absolute Gasteiger partial charge is 0.508 e. The Bertz CT molecular complexity index is 1280. The maximum atomic E-state index is 13.7. The number of hydrogen-bond acceptors (Lipinski definition) is 5. The van der Waals surface area contributed by atoms with Gasteiger partial charge in [0.25, 0.3) is 5.91 Å². The van der Waals surface area contributed by atoms with Gasteiger partial charge in [0, 0.05) is 29.6 Å². The van der Waals surface area contributed by atoms with Gasteiger partial charge in [0.1, 0.15) is 23.1 Å². The van der Waals surface area contributed by atoms with Crippen molar-refractivity contribution in [2.24, 2.45) is 0 Å². The van der Waals surface area contributed by atoms with Crippen molar-refractivity contribution in [1.82, 2.24) is 19.7 Å². The summed E-state index contributed by atoms with van der Waals surface area (Å²) in [6.45, 7) is 3.02. The van der Waals surface area contributed by atoms with Crippen molar-refractivity contribution in [2.75, 3.05) is 34.3 Å². The van der Waals surface area contributed by atoms with Crippen molar-refractivity contribution in [2.45, 2.75) is 31.3 Å². The van der Waals surface area contributed by atoms with Crippen LogP contribution in [0, 0.1) is 0 Å². The molecule has 2 aromatic carbocycles. The Kier molecular flexibility index (Phi) is 5.28. The minimum Gasteiger partial charge on any atom is -0.508 e. The number of H-pyrrole nitrogens is 1. The van der Waals surface area contributed by atoms with Gasteiger partial charge >= 0.3 is 6.03 Å². The van der Waals surface area contributed by atoms with E-state index in [0.29, 0.717) is 19.4 Å². The van der Waals surface area contributed by atoms with E-state index in [0.717, 1.165) is 40.0 Å². The molecular formula is C26H30N4O4. The third-order valence-electron chi connectivity index (χ3n) is 7.05. The first-order chi connectivity index (χ1) is 16.2. The number of methoxy groups -OCH3 is 1. The number of benzene rings is 2. The monoisotopic (exact) mass is 462 g/mol. The number of amides is 3. The van der Waals surface area contributed by atoms with Crippen molar-refractivity contribution in [3.8, 4) is 11.5 Å². The molecule has 0 saturated carbocycles. The van der Waals surface area contributed by atoms with Crippen LogP contribution in [0.25, 0.3) is 10.9 Å². The predicted molar refractivity (Wildman–Crippen MR) is 129 cm³/mol. The Morgan fingerprint density at radius 2 is 2.00 bits per heavy atom. The summed E-state index contributed by atoms with van der Waals surface area (Å²) < 4.78 is 5.45. The SMILES string of the molecule is COc1ccc2[nH]c3c(c2c1)C[C@@]1(C)C(=O)N(CCCN(C)C)C(=O)N1[C@@H]3c1cccc(O)c1. The summed E-state index contributed by atoms with van der Waals surface area (Å²) in [4.78, 5) is 36.1. The summed E-state index contributed by atoms with van der Waals surface area (Å²) in [6, 6.07) is 11.9. The van der Waals surface area contributed by atoms with Crippen LogP contribution in [0.3, 0.4) is 0 Å². The zero-order chi connectivity index (χ0) is 24.2. The molecule has 178 valence electrons. The molecule has 0 bridgehead atoms. The van der Waals surface area contributed by atoms with Crippen LogP contribution in [-0.4, -0.2) is 76.6 Å². The lowest BCUT2D eigenvalue weighted by atomic mass is 9.81. The number of hydrogen-bond donors (Lipinski definition) is 2. The Hall–Kier alpha value is -3.52. The van der Waals surface area contributed by atoms with Crippen molar-refractivity contribution in [1.29, 1.82) is 0 Å². The number of phenols is 1. The third kappa shape index (κ3) is 3.32. The van der Waals surface area contributed by atoms with Gasteiger partial charge in [0.05, 0.1) is 7.11 Å². The van der Waals surface area contributed by atoms with Gasteiger partial charge in [0.2, 0.25) is 0 Å². The molecule has 2 atom stereocenters. The summed E-state index contributed by atoms with van der Waals surface area (Å²) >= 11 is 0. The molecule has 0 radical (unpaired) electrons. The molecule has 1 aromatic heterocycles. The van der Waals surface area contributed by atoms with Gasteiger partial charge in [-0.05, 0) is 75.4 Å². The fraction of sp³-hybridized carbons (Fsp3) is 0.385. The van der Waals surface area contributed by atoms with Crippen LogP contribution in [0.4, 0.5) is 4.79 Å². The number of urea groups is 1. The summed E-state index contributed by atoms with van der Waals surface area (Å²) in [7, 11) is 5.58. The van der Waals surface area contributed by atoms with E-state index in [4.69, 9.17) is 4.74 Å². The van der Waals surface area contributed by atoms with Gasteiger partial charge in [-0.25, -0.2) is 4.79 Å². The van der Waals surface area contributed by atoms with E-state index < -0.39 is 11.6 Å². The molecule has 0 unspecified atom stereocenters. The summed E-state index contributed by atoms with van der Waals surface area (Å²) in [5.41, 5.74) is 2.50. The molecule has 2 aliphatic rings. The lowest BCUT2D eigenvalue weighted by Crippen LogP contribution is -2.53. The third-order valence-corrected chi connectivity index (χ3v) is 7.05. The number of aromatic nitrogens is 1. The van der Waals surface area contributed by atoms with Crippen LogP contribution in [0.2, 0.25) is 0 Å². The van der Waals surface area contributed by atoms with Crippen LogP contribution in [0.5, 0.6) is 11.5 Å². The highest BCUT2D eigenvalue weighted by Crippen LogP contribution is 2.49. The number of imide groups is 1. The number of carbonyl (C=O) groups is 2. The first-order valence-electron chi connectivity index (χ1n) is 11.5. The van der Waals surface area contributed by atoms with E-state index in [9.17, 15) is 14.7 Å². The lowest BCUT2D eigenvalue weighted by molar-refractivity contribution is -0.133. The fourth-order valence-electron chi connectivity index (χ4n) is 5.40. The second-order valence-electron chi connectivity index (χ2n) is 9.64. The smallest absolute Gasteiger partial charge is 0.328 e. The first kappa shape index (κ1) is 22.3. The Morgan fingerprint density at radius 1 is 1.21 bits per heavy atom. The molecule has 3 amide bonds. The molecule has 2 aliphatic heterocycles. The molecule has 3 heterocycles. The van der Waals surface area contributed by atoms with Crippen molar-refractivity contribution >= 4 is 22.8 Å². The van der Waals surface area contributed by atoms with Crippen LogP contribution in [0.15, 0.2) is 42.5 Å². The van der Waals surface area contributed by atoms with Gasteiger partial charge in [-0.15, -0.1) is 0 Å². The molecule has 0 spiro atoms. The number of nitrogens with one attached hydrogen (secondary N) is 1. The van der Waals surface area contributed by atoms with E-state index in [-0.39, 0.29) is 17.7 Å². The van der Waals surface area contributed by atoms with E-state index in [2.05, 4.69) is 4.98 Å². The molecular weight excluding hydrogens is 432 g/mol. The zero-order valence-corrected chi connectivity index (χ0v) is 20.0. The van der Waals surface area contributed by atoms with Gasteiger partial charge in [-0.2, -0.15) is 0 Å². The zero-order valence-electron chi connectivity index (χ0n) is 20.0. The molecule has 1 fully saturated rings. The van der Waals surface area contributed by atoms with Crippen molar-refractivity contribution < 1.29 is 19.4 Å². The molecule has 8 nitrogen and oxygen atoms in total. The topological polar surface area (TPSA) is 89.1 Å². The van der Waals surface area contributed by atoms with Gasteiger partial charge in [0.15, 0.2) is 0 Å². The van der Waals surface area contributed by atoms with Crippen LogP contribution >= 0.6 is 0 Å². The second-order valence-corrected chi connectivity index (χ2v) is 9.64. The highest BCUT2D eigenvalue weighted by atomic mass is 16.5. The molecule has 8 heteroatoms. The highest BCUT2D eigenvalue weighted by Gasteiger charge is 2.60. The first-order valence-corrected chi connectivity index (χ1v) is 11.5. The molecule has 2 N–H and O–H groups in total. The van der Waals surface area contributed by atoms with Gasteiger partial charge < -0.3 is 19.7 Å². The Morgan fingerprint density at radius 3 is 2.71 bits per heavy atom. The molecule has 3 aromatic rings. The predicted octanol–water partition coefficient (Wildman–Crippen LogP) is 3.50. The average Bonchev–Trinajstić information content (AvgIpc) is 3.24. The quantitative estimate of drug-likeness (QED) is 0.548. The fourth-order valence-corrected chi connectivity index (χ4v) is 5.40. The second kappa shape index (κ2) is 8.06. The van der Waals surface area contributed by atoms with Crippen LogP contribution in [-0.2, 0) is 11.2 Å². The van der Waals surface area contributed by atoms with Crippen molar-refractivity contribution in [3.63, 3.8) is 0 Å². The van der Waals surface area contributed by atoms with E-state index >= 15 is 0 Å². The number of phenolic OH excluding ortho intramolecular Hbond substituents is 1.